The number of hydrogen-bond donors (Lipinski definition) is 1. The molecule has 10 heteroatoms. The van der Waals surface area contributed by atoms with Gasteiger partial charge in [-0.15, -0.1) is 4.98 Å². The van der Waals surface area contributed by atoms with Crippen molar-refractivity contribution in [3.05, 3.63) is 48.3 Å². The maximum Gasteiger partial charge on any atom is 0.416 e. The van der Waals surface area contributed by atoms with Crippen LogP contribution in [0.5, 0.6) is 11.5 Å². The topological polar surface area (TPSA) is 67.8 Å². The predicted molar refractivity (Wildman–Crippen MR) is 119 cm³/mol. The van der Waals surface area contributed by atoms with Crippen LogP contribution in [0.1, 0.15) is 5.56 Å². The third kappa shape index (κ3) is 3.75. The maximum absolute atomic E-state index is 13.1. The number of fused-ring (bicyclic) bond motifs is 3. The highest BCUT2D eigenvalue weighted by molar-refractivity contribution is 6.08. The van der Waals surface area contributed by atoms with E-state index in [1.807, 2.05) is 17.0 Å². The molecule has 0 unspecified atom stereocenters. The van der Waals surface area contributed by atoms with Crippen molar-refractivity contribution in [2.45, 2.75) is 6.18 Å². The minimum Gasteiger partial charge on any atom is -0.493 e. The molecule has 2 aromatic carbocycles. The third-order valence-corrected chi connectivity index (χ3v) is 6.04. The monoisotopic (exact) mass is 458 g/mol. The van der Waals surface area contributed by atoms with Gasteiger partial charge in [-0.3, -0.25) is 4.90 Å². The van der Waals surface area contributed by atoms with Crippen LogP contribution in [0.3, 0.4) is 0 Å². The molecule has 0 aliphatic carbocycles. The summed E-state index contributed by atoms with van der Waals surface area (Å²) in [5.41, 5.74) is 2.49. The molecule has 1 aliphatic rings. The van der Waals surface area contributed by atoms with Gasteiger partial charge in [0.1, 0.15) is 0 Å². The first-order chi connectivity index (χ1) is 15.9. The molecule has 5 rings (SSSR count). The molecule has 2 N–H and O–H groups in total. The van der Waals surface area contributed by atoms with E-state index in [0.29, 0.717) is 43.4 Å². The molecule has 0 bridgehead atoms. The van der Waals surface area contributed by atoms with Gasteiger partial charge in [-0.25, -0.2) is 4.98 Å². The molecule has 0 atom stereocenters. The van der Waals surface area contributed by atoms with Gasteiger partial charge in [0, 0.05) is 30.2 Å². The lowest BCUT2D eigenvalue weighted by atomic mass is 10.1. The largest absolute Gasteiger partial charge is 0.493 e. The summed E-state index contributed by atoms with van der Waals surface area (Å²) in [5, 5.41) is 0.917. The van der Waals surface area contributed by atoms with E-state index >= 15 is 0 Å². The van der Waals surface area contributed by atoms with E-state index < -0.39 is 11.7 Å². The highest BCUT2D eigenvalue weighted by Crippen LogP contribution is 2.37. The summed E-state index contributed by atoms with van der Waals surface area (Å²) in [5.74, 6) is 2.13. The van der Waals surface area contributed by atoms with E-state index in [1.54, 1.807) is 26.6 Å². The van der Waals surface area contributed by atoms with E-state index in [4.69, 9.17) is 9.47 Å². The molecule has 0 radical (unpaired) electrons. The van der Waals surface area contributed by atoms with Crippen LogP contribution >= 0.6 is 0 Å². The number of hydrogen-bond acceptors (Lipinski definition) is 5. The maximum atomic E-state index is 13.1. The van der Waals surface area contributed by atoms with Gasteiger partial charge in [-0.1, -0.05) is 6.07 Å². The van der Waals surface area contributed by atoms with Crippen LogP contribution in [0.2, 0.25) is 0 Å². The first kappa shape index (κ1) is 21.2. The number of ether oxygens (including phenoxy) is 2. The van der Waals surface area contributed by atoms with Crippen LogP contribution in [-0.4, -0.2) is 50.4 Å². The molecule has 7 nitrogen and oxygen atoms in total. The fourth-order valence-corrected chi connectivity index (χ4v) is 4.36. The average molecular weight is 458 g/mol. The Bertz CT molecular complexity index is 1310. The zero-order valence-corrected chi connectivity index (χ0v) is 18.2. The number of benzene rings is 2. The Morgan fingerprint density at radius 2 is 1.67 bits per heavy atom. The Morgan fingerprint density at radius 1 is 0.970 bits per heavy atom. The summed E-state index contributed by atoms with van der Waals surface area (Å²) in [4.78, 5) is 15.3. The van der Waals surface area contributed by atoms with Crippen LogP contribution < -0.4 is 24.3 Å². The normalized spacial score (nSPS) is 14.8. The Balaban J connectivity index is 1.43. The van der Waals surface area contributed by atoms with Crippen molar-refractivity contribution >= 4 is 33.4 Å². The van der Waals surface area contributed by atoms with Gasteiger partial charge in [0.25, 0.3) is 0 Å². The molecule has 172 valence electrons. The summed E-state index contributed by atoms with van der Waals surface area (Å²) in [6.07, 6.45) is -2.70. The molecule has 0 amide bonds. The molecular formula is C23H23F3N5O2+. The standard InChI is InChI=1S/C23H22F3N5O2/c1-32-18-11-16-17(12-19(18)33-2)29-21-20(16)27-13-28-22(21)31-8-6-30(7-9-31)15-5-3-4-14(10-15)23(24,25)26/h3-5,10-13,29H,6-9H2,1-2H3/p+1. The number of anilines is 2. The van der Waals surface area contributed by atoms with Crippen molar-refractivity contribution in [1.82, 2.24) is 9.97 Å². The molecule has 33 heavy (non-hydrogen) atoms. The van der Waals surface area contributed by atoms with Gasteiger partial charge in [0.2, 0.25) is 12.1 Å². The number of aromatic nitrogens is 3. The number of methoxy groups -OCH3 is 2. The number of alkyl halides is 3. The zero-order chi connectivity index (χ0) is 23.2. The van der Waals surface area contributed by atoms with E-state index in [2.05, 4.69) is 19.9 Å². The molecular weight excluding hydrogens is 435 g/mol. The highest BCUT2D eigenvalue weighted by Gasteiger charge is 2.32. The number of H-pyrrole nitrogens is 2. The second kappa shape index (κ2) is 8.02. The average Bonchev–Trinajstić information content (AvgIpc) is 3.20. The number of rotatable bonds is 4. The van der Waals surface area contributed by atoms with Gasteiger partial charge in [-0.05, 0) is 24.3 Å². The first-order valence-electron chi connectivity index (χ1n) is 10.5. The molecule has 1 fully saturated rings. The number of halogens is 3. The molecule has 4 aromatic rings. The Kier molecular flexibility index (Phi) is 5.15. The van der Waals surface area contributed by atoms with Crippen LogP contribution in [0.15, 0.2) is 42.7 Å². The fourth-order valence-electron chi connectivity index (χ4n) is 4.36. The summed E-state index contributed by atoms with van der Waals surface area (Å²) < 4.78 is 50.1. The van der Waals surface area contributed by atoms with Crippen molar-refractivity contribution in [1.29, 1.82) is 0 Å². The van der Waals surface area contributed by atoms with Gasteiger partial charge >= 0.3 is 6.18 Å². The van der Waals surface area contributed by atoms with Crippen LogP contribution in [0, 0.1) is 0 Å². The number of nitrogens with one attached hydrogen (secondary N) is 2. The number of aromatic amines is 2. The minimum atomic E-state index is -4.35. The Labute approximate surface area is 187 Å². The van der Waals surface area contributed by atoms with Crippen LogP contribution in [0.4, 0.5) is 24.7 Å². The lowest BCUT2D eigenvalue weighted by Crippen LogP contribution is -2.48. The Hall–Kier alpha value is -3.69. The molecule has 3 heterocycles. The smallest absolute Gasteiger partial charge is 0.416 e. The number of piperazine rings is 1. The van der Waals surface area contributed by atoms with E-state index in [-0.39, 0.29) is 0 Å². The van der Waals surface area contributed by atoms with E-state index in [0.717, 1.165) is 33.8 Å². The van der Waals surface area contributed by atoms with Crippen molar-refractivity contribution < 1.29 is 27.6 Å². The second-order valence-corrected chi connectivity index (χ2v) is 7.87. The van der Waals surface area contributed by atoms with Crippen LogP contribution in [0.25, 0.3) is 21.9 Å². The molecule has 0 saturated carbocycles. The molecule has 2 aromatic heterocycles. The quantitative estimate of drug-likeness (QED) is 0.503. The van der Waals surface area contributed by atoms with Crippen LogP contribution in [-0.2, 0) is 6.18 Å². The van der Waals surface area contributed by atoms with Crippen molar-refractivity contribution in [2.24, 2.45) is 0 Å². The summed E-state index contributed by atoms with van der Waals surface area (Å²) >= 11 is 0. The highest BCUT2D eigenvalue weighted by atomic mass is 19.4. The fraction of sp³-hybridized carbons (Fsp3) is 0.304. The van der Waals surface area contributed by atoms with Crippen molar-refractivity contribution in [3.8, 4) is 11.5 Å². The minimum absolute atomic E-state index is 0.582. The second-order valence-electron chi connectivity index (χ2n) is 7.87. The zero-order valence-electron chi connectivity index (χ0n) is 18.2. The lowest BCUT2D eigenvalue weighted by molar-refractivity contribution is -0.367. The predicted octanol–water partition coefficient (Wildman–Crippen LogP) is 3.89. The molecule has 1 aliphatic heterocycles. The van der Waals surface area contributed by atoms with Crippen molar-refractivity contribution in [2.75, 3.05) is 50.2 Å². The summed E-state index contributed by atoms with van der Waals surface area (Å²) in [6, 6.07) is 9.27. The summed E-state index contributed by atoms with van der Waals surface area (Å²) in [7, 11) is 3.18. The van der Waals surface area contributed by atoms with Gasteiger partial charge in [-0.2, -0.15) is 13.2 Å². The van der Waals surface area contributed by atoms with Gasteiger partial charge < -0.3 is 19.4 Å². The first-order valence-corrected chi connectivity index (χ1v) is 10.5. The molecule has 0 spiro atoms. The van der Waals surface area contributed by atoms with E-state index in [1.165, 1.54) is 12.1 Å². The van der Waals surface area contributed by atoms with Gasteiger partial charge in [0.15, 0.2) is 22.5 Å². The number of nitrogens with zero attached hydrogens (tertiary/aromatic N) is 3. The molecule has 1 saturated heterocycles. The third-order valence-electron chi connectivity index (χ3n) is 6.04. The van der Waals surface area contributed by atoms with Gasteiger partial charge in [0.05, 0.1) is 38.4 Å². The SMILES string of the molecule is COc1cc2[nH]c3c(N4CCN(c5cccc(C(F)(F)F)c5)CC4)[nH+]cnc3c2cc1OC. The van der Waals surface area contributed by atoms with Crippen molar-refractivity contribution in [3.63, 3.8) is 0 Å². The summed E-state index contributed by atoms with van der Waals surface area (Å²) in [6.45, 7) is 2.49. The lowest BCUT2D eigenvalue weighted by Gasteiger charge is -2.34. The van der Waals surface area contributed by atoms with E-state index in [9.17, 15) is 13.2 Å². The Morgan fingerprint density at radius 3 is 2.36 bits per heavy atom.